The van der Waals surface area contributed by atoms with Gasteiger partial charge in [-0.2, -0.15) is 0 Å². The van der Waals surface area contributed by atoms with Crippen molar-refractivity contribution >= 4 is 12.6 Å². The first-order valence-electron chi connectivity index (χ1n) is 6.11. The number of benzene rings is 1. The van der Waals surface area contributed by atoms with Gasteiger partial charge in [-0.1, -0.05) is 6.07 Å². The van der Waals surface area contributed by atoms with Crippen molar-refractivity contribution in [2.24, 2.45) is 5.73 Å². The summed E-state index contributed by atoms with van der Waals surface area (Å²) in [7, 11) is -1.58. The maximum atomic E-state index is 9.62. The number of hydrogen-bond donors (Lipinski definition) is 3. The van der Waals surface area contributed by atoms with Crippen molar-refractivity contribution in [1.82, 2.24) is 0 Å². The van der Waals surface area contributed by atoms with Crippen LogP contribution in [0.2, 0.25) is 0 Å². The SMILES string of the molecule is CC(N)C1(c2ccc3c(c2B(O)O)OCO3)CC1. The van der Waals surface area contributed by atoms with Crippen molar-refractivity contribution in [3.63, 3.8) is 0 Å². The van der Waals surface area contributed by atoms with Gasteiger partial charge in [0, 0.05) is 16.9 Å². The molecule has 6 heteroatoms. The van der Waals surface area contributed by atoms with Crippen molar-refractivity contribution in [3.8, 4) is 11.5 Å². The van der Waals surface area contributed by atoms with Crippen molar-refractivity contribution in [2.45, 2.75) is 31.2 Å². The monoisotopic (exact) mass is 249 g/mol. The zero-order valence-electron chi connectivity index (χ0n) is 10.2. The van der Waals surface area contributed by atoms with E-state index in [1.54, 1.807) is 0 Å². The average molecular weight is 249 g/mol. The summed E-state index contributed by atoms with van der Waals surface area (Å²) in [5.74, 6) is 0.997. The highest BCUT2D eigenvalue weighted by Gasteiger charge is 2.50. The average Bonchev–Trinajstić information content (AvgIpc) is 3.00. The molecule has 0 bridgehead atoms. The number of ether oxygens (including phenoxy) is 2. The Morgan fingerprint density at radius 1 is 1.33 bits per heavy atom. The highest BCUT2D eigenvalue weighted by atomic mass is 16.7. The molecular weight excluding hydrogens is 233 g/mol. The molecule has 1 aromatic rings. The summed E-state index contributed by atoms with van der Waals surface area (Å²) < 4.78 is 10.6. The summed E-state index contributed by atoms with van der Waals surface area (Å²) in [6.45, 7) is 2.06. The first-order chi connectivity index (χ1) is 8.56. The molecule has 1 aliphatic carbocycles. The minimum absolute atomic E-state index is 0.0321. The Labute approximate surface area is 106 Å². The molecule has 1 atom stereocenters. The Morgan fingerprint density at radius 2 is 2.06 bits per heavy atom. The van der Waals surface area contributed by atoms with E-state index in [1.807, 2.05) is 19.1 Å². The smallest absolute Gasteiger partial charge is 0.454 e. The molecule has 18 heavy (non-hydrogen) atoms. The van der Waals surface area contributed by atoms with E-state index in [4.69, 9.17) is 15.2 Å². The second kappa shape index (κ2) is 3.88. The van der Waals surface area contributed by atoms with Gasteiger partial charge in [0.05, 0.1) is 0 Å². The van der Waals surface area contributed by atoms with Crippen LogP contribution in [0.4, 0.5) is 0 Å². The predicted octanol–water partition coefficient (Wildman–Crippen LogP) is -0.526. The quantitative estimate of drug-likeness (QED) is 0.627. The van der Waals surface area contributed by atoms with Gasteiger partial charge in [0.1, 0.15) is 0 Å². The van der Waals surface area contributed by atoms with Crippen LogP contribution in [-0.4, -0.2) is 30.0 Å². The summed E-state index contributed by atoms with van der Waals surface area (Å²) in [6, 6.07) is 3.65. The van der Waals surface area contributed by atoms with E-state index < -0.39 is 7.12 Å². The van der Waals surface area contributed by atoms with Crippen molar-refractivity contribution < 1.29 is 19.5 Å². The molecule has 0 radical (unpaired) electrons. The Morgan fingerprint density at radius 3 is 2.61 bits per heavy atom. The number of rotatable bonds is 3. The Kier molecular flexibility index (Phi) is 2.55. The molecule has 0 saturated heterocycles. The number of fused-ring (bicyclic) bond motifs is 1. The first kappa shape index (κ1) is 11.8. The lowest BCUT2D eigenvalue weighted by molar-refractivity contribution is 0.174. The molecular formula is C12H16BNO4. The summed E-state index contributed by atoms with van der Waals surface area (Å²) in [5, 5.41) is 19.2. The maximum absolute atomic E-state index is 9.62. The minimum Gasteiger partial charge on any atom is -0.454 e. The molecule has 1 heterocycles. The van der Waals surface area contributed by atoms with Gasteiger partial charge >= 0.3 is 7.12 Å². The van der Waals surface area contributed by atoms with Crippen LogP contribution in [0.5, 0.6) is 11.5 Å². The van der Waals surface area contributed by atoms with Crippen LogP contribution >= 0.6 is 0 Å². The predicted molar refractivity (Wildman–Crippen MR) is 67.0 cm³/mol. The fourth-order valence-electron chi connectivity index (χ4n) is 2.79. The molecule has 96 valence electrons. The Bertz CT molecular complexity index is 485. The number of nitrogens with two attached hydrogens (primary N) is 1. The van der Waals surface area contributed by atoms with Crippen LogP contribution in [0.1, 0.15) is 25.3 Å². The van der Waals surface area contributed by atoms with Gasteiger partial charge in [-0.15, -0.1) is 0 Å². The minimum atomic E-state index is -1.58. The first-order valence-corrected chi connectivity index (χ1v) is 6.11. The Balaban J connectivity index is 2.16. The molecule has 1 fully saturated rings. The van der Waals surface area contributed by atoms with E-state index in [1.165, 1.54) is 0 Å². The largest absolute Gasteiger partial charge is 0.492 e. The van der Waals surface area contributed by atoms with Crippen LogP contribution in [0.15, 0.2) is 12.1 Å². The second-order valence-corrected chi connectivity index (χ2v) is 5.08. The van der Waals surface area contributed by atoms with E-state index in [-0.39, 0.29) is 18.2 Å². The van der Waals surface area contributed by atoms with Crippen LogP contribution in [0.25, 0.3) is 0 Å². The molecule has 1 aromatic carbocycles. The molecule has 2 aliphatic rings. The molecule has 0 amide bonds. The summed E-state index contributed by atoms with van der Waals surface area (Å²) in [6.07, 6.45) is 1.92. The zero-order valence-corrected chi connectivity index (χ0v) is 10.2. The maximum Gasteiger partial charge on any atom is 0.492 e. The normalized spacial score (nSPS) is 20.7. The lowest BCUT2D eigenvalue weighted by Crippen LogP contribution is -2.41. The second-order valence-electron chi connectivity index (χ2n) is 5.08. The lowest BCUT2D eigenvalue weighted by Gasteiger charge is -2.24. The van der Waals surface area contributed by atoms with Gasteiger partial charge in [0.15, 0.2) is 11.5 Å². The van der Waals surface area contributed by atoms with E-state index in [0.717, 1.165) is 18.4 Å². The van der Waals surface area contributed by atoms with Crippen LogP contribution < -0.4 is 20.7 Å². The van der Waals surface area contributed by atoms with E-state index >= 15 is 0 Å². The number of hydrogen-bond acceptors (Lipinski definition) is 5. The van der Waals surface area contributed by atoms with Gasteiger partial charge in [-0.05, 0) is 31.4 Å². The van der Waals surface area contributed by atoms with E-state index in [0.29, 0.717) is 17.0 Å². The summed E-state index contributed by atoms with van der Waals surface area (Å²) >= 11 is 0. The molecule has 1 aliphatic heterocycles. The van der Waals surface area contributed by atoms with Gasteiger partial charge < -0.3 is 25.3 Å². The third kappa shape index (κ3) is 1.53. The fraction of sp³-hybridized carbons (Fsp3) is 0.500. The third-order valence-electron chi connectivity index (χ3n) is 4.03. The molecule has 0 spiro atoms. The van der Waals surface area contributed by atoms with Crippen LogP contribution in [0, 0.1) is 0 Å². The third-order valence-corrected chi connectivity index (χ3v) is 4.03. The zero-order chi connectivity index (χ0) is 12.9. The van der Waals surface area contributed by atoms with Crippen molar-refractivity contribution in [3.05, 3.63) is 17.7 Å². The van der Waals surface area contributed by atoms with E-state index in [9.17, 15) is 10.0 Å². The van der Waals surface area contributed by atoms with Gasteiger partial charge in [-0.25, -0.2) is 0 Å². The highest BCUT2D eigenvalue weighted by Crippen LogP contribution is 2.51. The molecule has 1 saturated carbocycles. The van der Waals surface area contributed by atoms with E-state index in [2.05, 4.69) is 0 Å². The molecule has 3 rings (SSSR count). The van der Waals surface area contributed by atoms with Gasteiger partial charge in [0.25, 0.3) is 0 Å². The standard InChI is InChI=1S/C12H16BNO4/c1-7(14)12(4-5-12)8-2-3-9-11(18-6-17-9)10(8)13(15)16/h2-3,7,15-16H,4-6,14H2,1H3. The van der Waals surface area contributed by atoms with Crippen LogP contribution in [-0.2, 0) is 5.41 Å². The fourth-order valence-corrected chi connectivity index (χ4v) is 2.79. The molecule has 1 unspecified atom stereocenters. The summed E-state index contributed by atoms with van der Waals surface area (Å²) in [5.41, 5.74) is 7.17. The topological polar surface area (TPSA) is 84.9 Å². The van der Waals surface area contributed by atoms with Crippen LogP contribution in [0.3, 0.4) is 0 Å². The Hall–Kier alpha value is -1.24. The van der Waals surface area contributed by atoms with Gasteiger partial charge in [0.2, 0.25) is 6.79 Å². The van der Waals surface area contributed by atoms with Crippen molar-refractivity contribution in [1.29, 1.82) is 0 Å². The van der Waals surface area contributed by atoms with Gasteiger partial charge in [-0.3, -0.25) is 0 Å². The van der Waals surface area contributed by atoms with Crippen molar-refractivity contribution in [2.75, 3.05) is 6.79 Å². The molecule has 0 aromatic heterocycles. The summed E-state index contributed by atoms with van der Waals surface area (Å²) in [4.78, 5) is 0. The molecule has 5 nitrogen and oxygen atoms in total. The molecule has 4 N–H and O–H groups in total. The lowest BCUT2D eigenvalue weighted by atomic mass is 9.70. The highest BCUT2D eigenvalue weighted by molar-refractivity contribution is 6.60.